The Kier molecular flexibility index (Phi) is 6.11. The Morgan fingerprint density at radius 2 is 1.96 bits per heavy atom. The van der Waals surface area contributed by atoms with Gasteiger partial charge in [0.25, 0.3) is 0 Å². The number of carbonyl (C=O) groups is 1. The van der Waals surface area contributed by atoms with E-state index < -0.39 is 0 Å². The fourth-order valence-corrected chi connectivity index (χ4v) is 4.70. The van der Waals surface area contributed by atoms with Crippen molar-refractivity contribution in [1.29, 1.82) is 0 Å². The largest absolute Gasteiger partial charge is 0.469 e. The van der Waals surface area contributed by atoms with E-state index in [0.717, 1.165) is 41.5 Å². The molecule has 3 rings (SSSR count). The van der Waals surface area contributed by atoms with Gasteiger partial charge in [-0.2, -0.15) is 0 Å². The van der Waals surface area contributed by atoms with E-state index in [1.165, 1.54) is 7.11 Å². The molecule has 0 radical (unpaired) electrons. The Balaban J connectivity index is 1.54. The summed E-state index contributed by atoms with van der Waals surface area (Å²) < 4.78 is 10.9. The van der Waals surface area contributed by atoms with Crippen LogP contribution in [0.4, 0.5) is 0 Å². The number of ether oxygens (including phenoxy) is 2. The van der Waals surface area contributed by atoms with Crippen molar-refractivity contribution in [3.63, 3.8) is 0 Å². The average molecular weight is 433 g/mol. The lowest BCUT2D eigenvalue weighted by Crippen LogP contribution is -2.27. The van der Waals surface area contributed by atoms with Crippen molar-refractivity contribution in [1.82, 2.24) is 0 Å². The van der Waals surface area contributed by atoms with E-state index in [1.54, 1.807) is 11.8 Å². The normalized spacial score (nSPS) is 29.7. The summed E-state index contributed by atoms with van der Waals surface area (Å²) in [6.45, 7) is 0. The SMILES string of the molecule is COC(=O)C1CCC(C2=NC(Br)C(Sc3ccc(Cl)cc3)O2)CC1. The van der Waals surface area contributed by atoms with Gasteiger partial charge in [0, 0.05) is 15.8 Å². The number of alkyl halides is 1. The summed E-state index contributed by atoms with van der Waals surface area (Å²) in [4.78, 5) is 17.3. The molecule has 2 aliphatic rings. The van der Waals surface area contributed by atoms with Gasteiger partial charge < -0.3 is 9.47 Å². The van der Waals surface area contributed by atoms with Gasteiger partial charge in [-0.25, -0.2) is 4.99 Å². The Morgan fingerprint density at radius 1 is 1.29 bits per heavy atom. The lowest BCUT2D eigenvalue weighted by atomic mass is 9.82. The number of esters is 1. The number of nitrogens with zero attached hydrogens (tertiary/aromatic N) is 1. The van der Waals surface area contributed by atoms with Crippen molar-refractivity contribution in [2.24, 2.45) is 16.8 Å². The summed E-state index contributed by atoms with van der Waals surface area (Å²) in [5, 5.41) is 0.724. The van der Waals surface area contributed by atoms with Crippen LogP contribution in [0.25, 0.3) is 0 Å². The van der Waals surface area contributed by atoms with Gasteiger partial charge in [-0.15, -0.1) is 0 Å². The number of halogens is 2. The second kappa shape index (κ2) is 8.11. The lowest BCUT2D eigenvalue weighted by molar-refractivity contribution is -0.146. The fourth-order valence-electron chi connectivity index (χ4n) is 3.06. The molecule has 1 aliphatic heterocycles. The van der Waals surface area contributed by atoms with E-state index in [0.29, 0.717) is 5.92 Å². The molecular formula is C17H19BrClNO3S. The Morgan fingerprint density at radius 3 is 2.58 bits per heavy atom. The van der Waals surface area contributed by atoms with Crippen molar-refractivity contribution in [3.05, 3.63) is 29.3 Å². The maximum Gasteiger partial charge on any atom is 0.308 e. The van der Waals surface area contributed by atoms with Gasteiger partial charge in [0.05, 0.1) is 13.0 Å². The number of thioether (sulfide) groups is 1. The molecule has 1 heterocycles. The Bertz CT molecular complexity index is 617. The average Bonchev–Trinajstić information content (AvgIpc) is 2.97. The van der Waals surface area contributed by atoms with Gasteiger partial charge in [0.2, 0.25) is 0 Å². The monoisotopic (exact) mass is 431 g/mol. The van der Waals surface area contributed by atoms with Crippen LogP contribution in [0, 0.1) is 11.8 Å². The van der Waals surface area contributed by atoms with Crippen molar-refractivity contribution < 1.29 is 14.3 Å². The van der Waals surface area contributed by atoms with Crippen LogP contribution in [0.15, 0.2) is 34.2 Å². The molecule has 1 fully saturated rings. The molecule has 1 aromatic carbocycles. The number of benzene rings is 1. The first kappa shape index (κ1) is 18.1. The van der Waals surface area contributed by atoms with Crippen LogP contribution in [0.3, 0.4) is 0 Å². The summed E-state index contributed by atoms with van der Waals surface area (Å²) in [7, 11) is 1.45. The maximum absolute atomic E-state index is 11.6. The smallest absolute Gasteiger partial charge is 0.308 e. The van der Waals surface area contributed by atoms with E-state index in [-0.39, 0.29) is 22.3 Å². The van der Waals surface area contributed by atoms with Crippen LogP contribution >= 0.6 is 39.3 Å². The lowest BCUT2D eigenvalue weighted by Gasteiger charge is -2.26. The van der Waals surface area contributed by atoms with E-state index in [1.807, 2.05) is 24.3 Å². The minimum absolute atomic E-state index is 0.0206. The number of hydrogen-bond donors (Lipinski definition) is 0. The molecule has 7 heteroatoms. The third-order valence-corrected chi connectivity index (χ3v) is 6.81. The molecule has 0 aromatic heterocycles. The highest BCUT2D eigenvalue weighted by molar-refractivity contribution is 9.09. The van der Waals surface area contributed by atoms with Crippen LogP contribution in [0.2, 0.25) is 5.02 Å². The highest BCUT2D eigenvalue weighted by Gasteiger charge is 2.36. The molecule has 0 saturated heterocycles. The summed E-state index contributed by atoms with van der Waals surface area (Å²) in [6, 6.07) is 7.71. The van der Waals surface area contributed by atoms with Crippen LogP contribution < -0.4 is 0 Å². The first-order valence-corrected chi connectivity index (χ1v) is 10.1. The zero-order chi connectivity index (χ0) is 17.1. The van der Waals surface area contributed by atoms with Crippen LogP contribution in [-0.4, -0.2) is 29.4 Å². The number of methoxy groups -OCH3 is 1. The molecule has 24 heavy (non-hydrogen) atoms. The van der Waals surface area contributed by atoms with Gasteiger partial charge in [-0.1, -0.05) is 39.3 Å². The third kappa shape index (κ3) is 4.27. The third-order valence-electron chi connectivity index (χ3n) is 4.39. The fraction of sp³-hybridized carbons (Fsp3) is 0.529. The summed E-state index contributed by atoms with van der Waals surface area (Å²) in [5.41, 5.74) is -0.0838. The molecule has 0 N–H and O–H groups in total. The summed E-state index contributed by atoms with van der Waals surface area (Å²) >= 11 is 11.1. The second-order valence-electron chi connectivity index (χ2n) is 5.97. The zero-order valence-electron chi connectivity index (χ0n) is 13.3. The van der Waals surface area contributed by atoms with Gasteiger partial charge >= 0.3 is 5.97 Å². The molecule has 0 bridgehead atoms. The number of carbonyl (C=O) groups excluding carboxylic acids is 1. The van der Waals surface area contributed by atoms with Crippen LogP contribution in [0.5, 0.6) is 0 Å². The van der Waals surface area contributed by atoms with E-state index >= 15 is 0 Å². The van der Waals surface area contributed by atoms with Gasteiger partial charge in [0.15, 0.2) is 16.3 Å². The van der Waals surface area contributed by atoms with Crippen LogP contribution in [0.1, 0.15) is 25.7 Å². The van der Waals surface area contributed by atoms with E-state index in [2.05, 4.69) is 20.9 Å². The molecule has 1 aromatic rings. The van der Waals surface area contributed by atoms with Crippen LogP contribution in [-0.2, 0) is 14.3 Å². The molecule has 130 valence electrons. The minimum Gasteiger partial charge on any atom is -0.469 e. The summed E-state index contributed by atoms with van der Waals surface area (Å²) in [5.74, 6) is 1.03. The Hall–Kier alpha value is -0.720. The summed E-state index contributed by atoms with van der Waals surface area (Å²) in [6.07, 6.45) is 3.50. The van der Waals surface area contributed by atoms with E-state index in [4.69, 9.17) is 21.1 Å². The second-order valence-corrected chi connectivity index (χ2v) is 8.52. The van der Waals surface area contributed by atoms with Crippen molar-refractivity contribution >= 4 is 51.2 Å². The zero-order valence-corrected chi connectivity index (χ0v) is 16.4. The van der Waals surface area contributed by atoms with Gasteiger partial charge in [-0.3, -0.25) is 4.79 Å². The standard InChI is InChI=1S/C17H19BrClNO3S/c1-22-16(21)11-4-2-10(3-5-11)15-20-14(18)17(23-15)24-13-8-6-12(19)7-9-13/h6-11,14,17H,2-5H2,1H3. The molecular weight excluding hydrogens is 414 g/mol. The first-order chi connectivity index (χ1) is 11.6. The van der Waals surface area contributed by atoms with Gasteiger partial charge in [0.1, 0.15) is 0 Å². The molecule has 4 nitrogen and oxygen atoms in total. The first-order valence-electron chi connectivity index (χ1n) is 7.95. The highest BCUT2D eigenvalue weighted by atomic mass is 79.9. The quantitative estimate of drug-likeness (QED) is 0.386. The molecule has 2 atom stereocenters. The van der Waals surface area contributed by atoms with Crippen molar-refractivity contribution in [2.75, 3.05) is 7.11 Å². The number of aliphatic imine (C=N–C) groups is 1. The minimum atomic E-state index is -0.0998. The van der Waals surface area contributed by atoms with Gasteiger partial charge in [-0.05, 0) is 49.9 Å². The maximum atomic E-state index is 11.6. The highest BCUT2D eigenvalue weighted by Crippen LogP contribution is 2.38. The predicted octanol–water partition coefficient (Wildman–Crippen LogP) is 4.89. The van der Waals surface area contributed by atoms with Crippen molar-refractivity contribution in [3.8, 4) is 0 Å². The molecule has 0 amide bonds. The van der Waals surface area contributed by atoms with E-state index in [9.17, 15) is 4.79 Å². The predicted molar refractivity (Wildman–Crippen MR) is 99.8 cm³/mol. The molecule has 2 unspecified atom stereocenters. The number of rotatable bonds is 4. The Labute approximate surface area is 159 Å². The number of hydrogen-bond acceptors (Lipinski definition) is 5. The molecule has 0 spiro atoms. The topological polar surface area (TPSA) is 47.9 Å². The molecule has 1 saturated carbocycles. The molecule has 1 aliphatic carbocycles. The van der Waals surface area contributed by atoms with Crippen molar-refractivity contribution in [2.45, 2.75) is 41.0 Å².